The van der Waals surface area contributed by atoms with Crippen LogP contribution in [0.2, 0.25) is 18.6 Å². The van der Waals surface area contributed by atoms with Gasteiger partial charge in [0.1, 0.15) is 0 Å². The largest absolute Gasteiger partial charge is 0.469 e. The summed E-state index contributed by atoms with van der Waals surface area (Å²) in [6, 6.07) is 5.63. The summed E-state index contributed by atoms with van der Waals surface area (Å²) in [5, 5.41) is 12.8. The van der Waals surface area contributed by atoms with Gasteiger partial charge < -0.3 is 34.5 Å². The number of unbranched alkanes of at least 4 members (excludes halogenated alkanes) is 1. The highest BCUT2D eigenvalue weighted by molar-refractivity contribution is 6.71. The van der Waals surface area contributed by atoms with Crippen molar-refractivity contribution in [2.75, 3.05) is 49.7 Å². The first kappa shape index (κ1) is 27.7. The molecule has 2 fully saturated rings. The van der Waals surface area contributed by atoms with Crippen LogP contribution in [-0.4, -0.2) is 82.0 Å². The number of methoxy groups -OCH3 is 1. The van der Waals surface area contributed by atoms with Crippen LogP contribution in [0, 0.1) is 5.92 Å². The molecule has 0 unspecified atom stereocenters. The molecule has 11 heteroatoms. The van der Waals surface area contributed by atoms with Crippen molar-refractivity contribution in [3.05, 3.63) is 23.8 Å². The van der Waals surface area contributed by atoms with Crippen LogP contribution in [0.5, 0.6) is 0 Å². The van der Waals surface area contributed by atoms with Crippen molar-refractivity contribution in [2.45, 2.75) is 62.9 Å². The number of amides is 2. The number of rotatable bonds is 9. The van der Waals surface area contributed by atoms with Gasteiger partial charge in [0.15, 0.2) is 13.9 Å². The summed E-state index contributed by atoms with van der Waals surface area (Å²) in [6.45, 7) is 7.41. The third kappa shape index (κ3) is 4.95. The number of nitrogens with zero attached hydrogens (tertiary/aromatic N) is 2. The fourth-order valence-corrected chi connectivity index (χ4v) is 8.98. The van der Waals surface area contributed by atoms with E-state index in [1.165, 1.54) is 7.11 Å². The van der Waals surface area contributed by atoms with Gasteiger partial charge in [0.05, 0.1) is 25.4 Å². The Bertz CT molecular complexity index is 1050. The standard InChI is InChI=1S/C26H39N3O7Si/c1-17-24(37(3,4)34)21(10-14-30)36-26(17)19-15-18(28-13-11-27-16-22(28)31)8-9-20(19)29(25(26)33)12-6-5-7-23(32)35-2/h8-9,15,17,21,24,27,30,34H,5-7,10-14,16H2,1-4H3/t17-,21+,24-,26+/m0/s1. The quantitative estimate of drug-likeness (QED) is 0.247. The number of fused-ring (bicyclic) bond motifs is 2. The normalized spacial score (nSPS) is 27.8. The number of nitrogens with one attached hydrogen (secondary N) is 1. The molecule has 4 atom stereocenters. The number of anilines is 2. The second-order valence-electron chi connectivity index (χ2n) is 10.8. The monoisotopic (exact) mass is 533 g/mol. The SMILES string of the molecule is COC(=O)CCCCN1C(=O)[C@]2(O[C@H](CCO)[C@@H]([Si](C)(C)O)[C@@H]2C)c2cc(N3CCNCC3=O)ccc21. The number of ether oxygens (including phenoxy) is 2. The van der Waals surface area contributed by atoms with Gasteiger partial charge in [-0.3, -0.25) is 14.4 Å². The predicted molar refractivity (Wildman–Crippen MR) is 141 cm³/mol. The predicted octanol–water partition coefficient (Wildman–Crippen LogP) is 1.49. The molecule has 204 valence electrons. The molecular weight excluding hydrogens is 494 g/mol. The number of carbonyl (C=O) groups excluding carboxylic acids is 3. The van der Waals surface area contributed by atoms with Crippen LogP contribution in [0.4, 0.5) is 11.4 Å². The number of aliphatic hydroxyl groups is 1. The van der Waals surface area contributed by atoms with Gasteiger partial charge in [-0.2, -0.15) is 0 Å². The molecule has 0 bridgehead atoms. The molecule has 2 amide bonds. The van der Waals surface area contributed by atoms with E-state index in [-0.39, 0.29) is 48.8 Å². The van der Waals surface area contributed by atoms with Gasteiger partial charge in [-0.25, -0.2) is 0 Å². The molecule has 1 aromatic rings. The van der Waals surface area contributed by atoms with Crippen LogP contribution < -0.4 is 15.1 Å². The van der Waals surface area contributed by atoms with E-state index in [1.54, 1.807) is 9.80 Å². The number of carbonyl (C=O) groups is 3. The molecular formula is C26H39N3O7Si. The van der Waals surface area contributed by atoms with Crippen molar-refractivity contribution in [1.82, 2.24) is 5.32 Å². The molecule has 0 aromatic heterocycles. The third-order valence-electron chi connectivity index (χ3n) is 8.02. The second kappa shape index (κ2) is 10.8. The fourth-order valence-electron chi connectivity index (χ4n) is 6.37. The van der Waals surface area contributed by atoms with E-state index in [4.69, 9.17) is 9.47 Å². The van der Waals surface area contributed by atoms with Crippen molar-refractivity contribution >= 4 is 37.5 Å². The lowest BCUT2D eigenvalue weighted by Gasteiger charge is -2.33. The van der Waals surface area contributed by atoms with E-state index in [9.17, 15) is 24.3 Å². The second-order valence-corrected chi connectivity index (χ2v) is 14.8. The minimum atomic E-state index is -2.79. The van der Waals surface area contributed by atoms with Crippen molar-refractivity contribution in [3.63, 3.8) is 0 Å². The first-order valence-electron chi connectivity index (χ1n) is 13.1. The number of piperazine rings is 1. The van der Waals surface area contributed by atoms with Crippen LogP contribution in [0.3, 0.4) is 0 Å². The highest BCUT2D eigenvalue weighted by Crippen LogP contribution is 2.60. The summed E-state index contributed by atoms with van der Waals surface area (Å²) in [5.74, 6) is -0.853. The van der Waals surface area contributed by atoms with Gasteiger partial charge in [0.25, 0.3) is 5.91 Å². The minimum Gasteiger partial charge on any atom is -0.469 e. The average Bonchev–Trinajstić information content (AvgIpc) is 3.28. The third-order valence-corrected chi connectivity index (χ3v) is 10.5. The Labute approximate surface area is 219 Å². The minimum absolute atomic E-state index is 0.0374. The zero-order valence-electron chi connectivity index (χ0n) is 22.2. The van der Waals surface area contributed by atoms with Crippen LogP contribution in [0.15, 0.2) is 18.2 Å². The van der Waals surface area contributed by atoms with E-state index >= 15 is 0 Å². The Morgan fingerprint density at radius 3 is 2.70 bits per heavy atom. The molecule has 0 saturated carbocycles. The maximum absolute atomic E-state index is 14.2. The lowest BCUT2D eigenvalue weighted by Crippen LogP contribution is -2.48. The van der Waals surface area contributed by atoms with Crippen LogP contribution in [0.25, 0.3) is 0 Å². The summed E-state index contributed by atoms with van der Waals surface area (Å²) in [5.41, 5.74) is 0.554. The van der Waals surface area contributed by atoms with Crippen LogP contribution in [-0.2, 0) is 29.5 Å². The van der Waals surface area contributed by atoms with Crippen molar-refractivity contribution in [3.8, 4) is 0 Å². The average molecular weight is 534 g/mol. The first-order chi connectivity index (χ1) is 17.6. The molecule has 3 aliphatic heterocycles. The maximum Gasteiger partial charge on any atom is 0.305 e. The number of benzene rings is 1. The molecule has 37 heavy (non-hydrogen) atoms. The Morgan fingerprint density at radius 1 is 1.30 bits per heavy atom. The molecule has 2 saturated heterocycles. The lowest BCUT2D eigenvalue weighted by atomic mass is 9.82. The first-order valence-corrected chi connectivity index (χ1v) is 16.1. The Kier molecular flexibility index (Phi) is 8.10. The molecule has 3 N–H and O–H groups in total. The van der Waals surface area contributed by atoms with E-state index in [2.05, 4.69) is 5.32 Å². The number of aliphatic hydroxyl groups excluding tert-OH is 1. The zero-order valence-corrected chi connectivity index (χ0v) is 23.2. The molecule has 0 radical (unpaired) electrons. The van der Waals surface area contributed by atoms with Crippen LogP contribution in [0.1, 0.15) is 38.2 Å². The van der Waals surface area contributed by atoms with E-state index in [1.807, 2.05) is 38.2 Å². The maximum atomic E-state index is 14.2. The molecule has 3 aliphatic rings. The van der Waals surface area contributed by atoms with Gasteiger partial charge in [0.2, 0.25) is 5.91 Å². The van der Waals surface area contributed by atoms with Crippen molar-refractivity contribution in [2.24, 2.45) is 5.92 Å². The molecule has 0 aliphatic carbocycles. The van der Waals surface area contributed by atoms with Gasteiger partial charge in [-0.15, -0.1) is 0 Å². The molecule has 1 aromatic carbocycles. The topological polar surface area (TPSA) is 129 Å². The number of hydrogen-bond donors (Lipinski definition) is 3. The molecule has 4 rings (SSSR count). The zero-order chi connectivity index (χ0) is 27.0. The van der Waals surface area contributed by atoms with Crippen molar-refractivity contribution in [1.29, 1.82) is 0 Å². The summed E-state index contributed by atoms with van der Waals surface area (Å²) in [4.78, 5) is 53.1. The summed E-state index contributed by atoms with van der Waals surface area (Å²) in [7, 11) is -1.43. The molecule has 1 spiro atoms. The summed E-state index contributed by atoms with van der Waals surface area (Å²) < 4.78 is 11.4. The highest BCUT2D eigenvalue weighted by Gasteiger charge is 2.66. The Hall–Kier alpha value is -2.31. The van der Waals surface area contributed by atoms with E-state index < -0.39 is 20.0 Å². The fraction of sp³-hybridized carbons (Fsp3) is 0.654. The van der Waals surface area contributed by atoms with E-state index in [0.29, 0.717) is 50.1 Å². The van der Waals surface area contributed by atoms with E-state index in [0.717, 1.165) is 5.69 Å². The highest BCUT2D eigenvalue weighted by atomic mass is 28.4. The van der Waals surface area contributed by atoms with Gasteiger partial charge >= 0.3 is 5.97 Å². The lowest BCUT2D eigenvalue weighted by molar-refractivity contribution is -0.146. The molecule has 3 heterocycles. The number of hydrogen-bond acceptors (Lipinski definition) is 8. The summed E-state index contributed by atoms with van der Waals surface area (Å²) >= 11 is 0. The Balaban J connectivity index is 1.75. The summed E-state index contributed by atoms with van der Waals surface area (Å²) in [6.07, 6.45) is 1.32. The van der Waals surface area contributed by atoms with Gasteiger partial charge in [0, 0.05) is 55.4 Å². The molecule has 10 nitrogen and oxygen atoms in total. The van der Waals surface area contributed by atoms with Crippen molar-refractivity contribution < 1.29 is 33.8 Å². The number of esters is 1. The van der Waals surface area contributed by atoms with Crippen LogP contribution >= 0.6 is 0 Å². The smallest absolute Gasteiger partial charge is 0.305 e. The van der Waals surface area contributed by atoms with Gasteiger partial charge in [-0.1, -0.05) is 6.92 Å². The Morgan fingerprint density at radius 2 is 2.05 bits per heavy atom. The van der Waals surface area contributed by atoms with Gasteiger partial charge in [-0.05, 0) is 50.6 Å².